The molecular formula is C13H12ClF4IN2. The Kier molecular flexibility index (Phi) is 5.02. The van der Waals surface area contributed by atoms with Gasteiger partial charge in [-0.15, -0.1) is 11.6 Å². The predicted octanol–water partition coefficient (Wildman–Crippen LogP) is 5.07. The summed E-state index contributed by atoms with van der Waals surface area (Å²) in [4.78, 5) is 4.30. The summed E-state index contributed by atoms with van der Waals surface area (Å²) in [5, 5.41) is 0. The van der Waals surface area contributed by atoms with Crippen molar-refractivity contribution in [3.05, 3.63) is 27.3 Å². The van der Waals surface area contributed by atoms with E-state index in [1.807, 2.05) is 22.6 Å². The molecule has 1 unspecified atom stereocenters. The summed E-state index contributed by atoms with van der Waals surface area (Å²) in [5.41, 5.74) is 0.847. The van der Waals surface area contributed by atoms with Crippen LogP contribution < -0.4 is 0 Å². The van der Waals surface area contributed by atoms with Crippen LogP contribution in [-0.2, 0) is 6.42 Å². The fraction of sp³-hybridized carbons (Fsp3) is 0.462. The first-order chi connectivity index (χ1) is 9.73. The molecule has 2 aromatic rings. The fourth-order valence-electron chi connectivity index (χ4n) is 2.32. The molecule has 21 heavy (non-hydrogen) atoms. The molecule has 8 heteroatoms. The van der Waals surface area contributed by atoms with Crippen molar-refractivity contribution in [2.45, 2.75) is 32.0 Å². The first kappa shape index (κ1) is 16.8. The largest absolute Gasteiger partial charge is 0.391 e. The van der Waals surface area contributed by atoms with Gasteiger partial charge in [0, 0.05) is 24.4 Å². The van der Waals surface area contributed by atoms with E-state index in [1.165, 1.54) is 23.6 Å². The van der Waals surface area contributed by atoms with E-state index in [9.17, 15) is 17.6 Å². The molecule has 0 radical (unpaired) electrons. The summed E-state index contributed by atoms with van der Waals surface area (Å²) < 4.78 is 53.4. The summed E-state index contributed by atoms with van der Waals surface area (Å²) in [6, 6.07) is 1.89. The van der Waals surface area contributed by atoms with Gasteiger partial charge in [0.15, 0.2) is 0 Å². The Morgan fingerprint density at radius 3 is 2.62 bits per heavy atom. The highest BCUT2D eigenvalue weighted by Crippen LogP contribution is 2.32. The van der Waals surface area contributed by atoms with E-state index in [2.05, 4.69) is 4.98 Å². The highest BCUT2D eigenvalue weighted by molar-refractivity contribution is 14.1. The highest BCUT2D eigenvalue weighted by atomic mass is 127. The van der Waals surface area contributed by atoms with E-state index in [1.54, 1.807) is 0 Å². The number of rotatable bonds is 4. The SMILES string of the molecule is CC(CC(F)(F)F)n1c(CCCl)nc2cc(I)c(F)cc21. The zero-order valence-corrected chi connectivity index (χ0v) is 13.9. The van der Waals surface area contributed by atoms with Crippen LogP contribution in [0.4, 0.5) is 17.6 Å². The van der Waals surface area contributed by atoms with Gasteiger partial charge in [-0.1, -0.05) is 0 Å². The van der Waals surface area contributed by atoms with Crippen molar-refractivity contribution in [2.24, 2.45) is 0 Å². The second-order valence-corrected chi connectivity index (χ2v) is 6.30. The van der Waals surface area contributed by atoms with Crippen molar-refractivity contribution in [1.82, 2.24) is 9.55 Å². The van der Waals surface area contributed by atoms with Gasteiger partial charge in [-0.25, -0.2) is 9.37 Å². The molecule has 1 atom stereocenters. The number of imidazole rings is 1. The van der Waals surface area contributed by atoms with Crippen LogP contribution in [0.5, 0.6) is 0 Å². The Balaban J connectivity index is 2.57. The average Bonchev–Trinajstić information content (AvgIpc) is 2.65. The number of hydrogen-bond acceptors (Lipinski definition) is 1. The molecular weight excluding hydrogens is 423 g/mol. The van der Waals surface area contributed by atoms with Crippen LogP contribution in [-0.4, -0.2) is 21.6 Å². The molecule has 0 aliphatic rings. The third kappa shape index (κ3) is 3.80. The molecule has 0 saturated heterocycles. The van der Waals surface area contributed by atoms with Crippen molar-refractivity contribution in [1.29, 1.82) is 0 Å². The molecule has 0 N–H and O–H groups in total. The molecule has 0 amide bonds. The van der Waals surface area contributed by atoms with Crippen molar-refractivity contribution in [2.75, 3.05) is 5.88 Å². The van der Waals surface area contributed by atoms with E-state index in [-0.39, 0.29) is 5.88 Å². The van der Waals surface area contributed by atoms with Crippen molar-refractivity contribution in [3.8, 4) is 0 Å². The summed E-state index contributed by atoms with van der Waals surface area (Å²) >= 11 is 7.51. The fourth-order valence-corrected chi connectivity index (χ4v) is 2.94. The van der Waals surface area contributed by atoms with Crippen LogP contribution in [0, 0.1) is 9.39 Å². The maximum Gasteiger partial charge on any atom is 0.391 e. The molecule has 0 spiro atoms. The third-order valence-electron chi connectivity index (χ3n) is 3.09. The lowest BCUT2D eigenvalue weighted by molar-refractivity contribution is -0.141. The van der Waals surface area contributed by atoms with Crippen molar-refractivity contribution in [3.63, 3.8) is 0 Å². The van der Waals surface area contributed by atoms with Crippen LogP contribution >= 0.6 is 34.2 Å². The summed E-state index contributed by atoms with van der Waals surface area (Å²) in [7, 11) is 0. The highest BCUT2D eigenvalue weighted by Gasteiger charge is 2.32. The van der Waals surface area contributed by atoms with E-state index in [4.69, 9.17) is 11.6 Å². The average molecular weight is 435 g/mol. The van der Waals surface area contributed by atoms with Gasteiger partial charge in [0.25, 0.3) is 0 Å². The van der Waals surface area contributed by atoms with Gasteiger partial charge < -0.3 is 4.57 Å². The van der Waals surface area contributed by atoms with Crippen LogP contribution in [0.3, 0.4) is 0 Å². The van der Waals surface area contributed by atoms with Crippen LogP contribution in [0.2, 0.25) is 0 Å². The van der Waals surface area contributed by atoms with Gasteiger partial charge in [0.05, 0.1) is 21.0 Å². The van der Waals surface area contributed by atoms with Gasteiger partial charge in [0.1, 0.15) is 11.6 Å². The minimum absolute atomic E-state index is 0.238. The molecule has 0 aliphatic heterocycles. The summed E-state index contributed by atoms with van der Waals surface area (Å²) in [6.45, 7) is 1.45. The minimum atomic E-state index is -4.30. The van der Waals surface area contributed by atoms with E-state index in [0.717, 1.165) is 0 Å². The summed E-state index contributed by atoms with van der Waals surface area (Å²) in [5.74, 6) is 0.209. The topological polar surface area (TPSA) is 17.8 Å². The Hall–Kier alpha value is -0.570. The Labute approximate surface area is 137 Å². The predicted molar refractivity (Wildman–Crippen MR) is 82.2 cm³/mol. The van der Waals surface area contributed by atoms with E-state index in [0.29, 0.717) is 26.8 Å². The number of aromatic nitrogens is 2. The lowest BCUT2D eigenvalue weighted by atomic mass is 10.2. The van der Waals surface area contributed by atoms with Crippen LogP contribution in [0.1, 0.15) is 25.2 Å². The third-order valence-corrected chi connectivity index (χ3v) is 4.11. The monoisotopic (exact) mass is 434 g/mol. The standard InChI is InChI=1S/C13H12ClF4IN2/c1-7(6-13(16,17)18)21-11-4-8(15)9(19)5-10(11)20-12(21)2-3-14/h4-5,7H,2-3,6H2,1H3. The first-order valence-electron chi connectivity index (χ1n) is 6.21. The Bertz CT molecular complexity index is 654. The maximum atomic E-state index is 13.7. The molecule has 2 rings (SSSR count). The molecule has 1 heterocycles. The maximum absolute atomic E-state index is 13.7. The van der Waals surface area contributed by atoms with E-state index < -0.39 is 24.5 Å². The van der Waals surface area contributed by atoms with Crippen molar-refractivity contribution >= 4 is 45.2 Å². The lowest BCUT2D eigenvalue weighted by Crippen LogP contribution is -2.18. The Morgan fingerprint density at radius 1 is 1.38 bits per heavy atom. The normalized spacial score (nSPS) is 13.9. The summed E-state index contributed by atoms with van der Waals surface area (Å²) in [6.07, 6.45) is -4.96. The van der Waals surface area contributed by atoms with Gasteiger partial charge in [-0.05, 0) is 35.6 Å². The number of aryl methyl sites for hydroxylation is 1. The number of hydrogen-bond donors (Lipinski definition) is 0. The van der Waals surface area contributed by atoms with Crippen LogP contribution in [0.15, 0.2) is 12.1 Å². The lowest BCUT2D eigenvalue weighted by Gasteiger charge is -2.19. The number of halogens is 6. The van der Waals surface area contributed by atoms with E-state index >= 15 is 0 Å². The molecule has 1 aromatic heterocycles. The number of fused-ring (bicyclic) bond motifs is 1. The van der Waals surface area contributed by atoms with Gasteiger partial charge in [0.2, 0.25) is 0 Å². The molecule has 0 fully saturated rings. The van der Waals surface area contributed by atoms with Crippen LogP contribution in [0.25, 0.3) is 11.0 Å². The molecule has 0 saturated carbocycles. The first-order valence-corrected chi connectivity index (χ1v) is 7.83. The van der Waals surface area contributed by atoms with Gasteiger partial charge >= 0.3 is 6.18 Å². The minimum Gasteiger partial charge on any atom is -0.325 e. The molecule has 1 aromatic carbocycles. The van der Waals surface area contributed by atoms with Crippen molar-refractivity contribution < 1.29 is 17.6 Å². The van der Waals surface area contributed by atoms with Gasteiger partial charge in [-0.3, -0.25) is 0 Å². The number of alkyl halides is 4. The molecule has 116 valence electrons. The zero-order valence-electron chi connectivity index (χ0n) is 11.0. The quantitative estimate of drug-likeness (QED) is 0.373. The molecule has 2 nitrogen and oxygen atoms in total. The number of nitrogens with zero attached hydrogens (tertiary/aromatic N) is 2. The molecule has 0 aliphatic carbocycles. The number of benzene rings is 1. The van der Waals surface area contributed by atoms with Gasteiger partial charge in [-0.2, -0.15) is 13.2 Å². The second kappa shape index (κ2) is 6.28. The Morgan fingerprint density at radius 2 is 2.05 bits per heavy atom. The second-order valence-electron chi connectivity index (χ2n) is 4.76. The molecule has 0 bridgehead atoms. The zero-order chi connectivity index (χ0) is 15.8. The smallest absolute Gasteiger partial charge is 0.325 e.